The van der Waals surface area contributed by atoms with Crippen molar-refractivity contribution in [2.75, 3.05) is 5.32 Å². The molecule has 126 valence electrons. The third kappa shape index (κ3) is 4.01. The zero-order valence-corrected chi connectivity index (χ0v) is 14.5. The van der Waals surface area contributed by atoms with Gasteiger partial charge >= 0.3 is 0 Å². The predicted octanol–water partition coefficient (Wildman–Crippen LogP) is 3.00. The lowest BCUT2D eigenvalue weighted by molar-refractivity contribution is 0.102. The first kappa shape index (κ1) is 16.7. The SMILES string of the molecule is Cc1cc(C)cc(C(=O)Nc2ccc(S(=O)(=O)NC3CC3)cc2)c1. The molecule has 2 aromatic rings. The monoisotopic (exact) mass is 344 g/mol. The third-order valence-corrected chi connectivity index (χ3v) is 5.34. The topological polar surface area (TPSA) is 75.3 Å². The zero-order valence-electron chi connectivity index (χ0n) is 13.7. The number of carbonyl (C=O) groups is 1. The van der Waals surface area contributed by atoms with Gasteiger partial charge in [0.25, 0.3) is 5.91 Å². The van der Waals surface area contributed by atoms with Crippen molar-refractivity contribution >= 4 is 21.6 Å². The number of rotatable bonds is 5. The lowest BCUT2D eigenvalue weighted by atomic mass is 10.1. The summed E-state index contributed by atoms with van der Waals surface area (Å²) in [5, 5.41) is 2.79. The molecule has 0 aliphatic heterocycles. The molecule has 0 heterocycles. The number of sulfonamides is 1. The average Bonchev–Trinajstić information content (AvgIpc) is 3.30. The summed E-state index contributed by atoms with van der Waals surface area (Å²) in [5.74, 6) is -0.214. The maximum absolute atomic E-state index is 12.3. The second kappa shape index (κ2) is 6.37. The summed E-state index contributed by atoms with van der Waals surface area (Å²) >= 11 is 0. The molecular formula is C18H20N2O3S. The Balaban J connectivity index is 1.72. The normalized spacial score (nSPS) is 14.4. The van der Waals surface area contributed by atoms with E-state index in [1.54, 1.807) is 12.1 Å². The molecule has 0 aromatic heterocycles. The Bertz CT molecular complexity index is 849. The number of amides is 1. The molecule has 1 saturated carbocycles. The Hall–Kier alpha value is -2.18. The van der Waals surface area contributed by atoms with Crippen LogP contribution in [0, 0.1) is 13.8 Å². The summed E-state index contributed by atoms with van der Waals surface area (Å²) < 4.78 is 26.9. The highest BCUT2D eigenvalue weighted by Gasteiger charge is 2.27. The van der Waals surface area contributed by atoms with Crippen LogP contribution in [0.4, 0.5) is 5.69 Å². The van der Waals surface area contributed by atoms with Gasteiger partial charge in [-0.1, -0.05) is 17.2 Å². The molecule has 1 aliphatic carbocycles. The van der Waals surface area contributed by atoms with Crippen molar-refractivity contribution in [2.45, 2.75) is 37.6 Å². The first-order chi connectivity index (χ1) is 11.3. The Morgan fingerprint density at radius 2 is 1.58 bits per heavy atom. The molecule has 0 atom stereocenters. The quantitative estimate of drug-likeness (QED) is 0.875. The van der Waals surface area contributed by atoms with Gasteiger partial charge in [-0.2, -0.15) is 0 Å². The van der Waals surface area contributed by atoms with Crippen molar-refractivity contribution in [1.82, 2.24) is 4.72 Å². The van der Waals surface area contributed by atoms with Crippen molar-refractivity contribution < 1.29 is 13.2 Å². The van der Waals surface area contributed by atoms with Crippen molar-refractivity contribution in [3.05, 3.63) is 59.2 Å². The maximum Gasteiger partial charge on any atom is 0.255 e. The lowest BCUT2D eigenvalue weighted by Gasteiger charge is -2.09. The highest BCUT2D eigenvalue weighted by molar-refractivity contribution is 7.89. The van der Waals surface area contributed by atoms with E-state index in [9.17, 15) is 13.2 Å². The largest absolute Gasteiger partial charge is 0.322 e. The van der Waals surface area contributed by atoms with E-state index in [4.69, 9.17) is 0 Å². The molecule has 0 bridgehead atoms. The molecule has 5 nitrogen and oxygen atoms in total. The fourth-order valence-electron chi connectivity index (χ4n) is 2.52. The third-order valence-electron chi connectivity index (χ3n) is 3.81. The molecular weight excluding hydrogens is 324 g/mol. The van der Waals surface area contributed by atoms with Crippen molar-refractivity contribution in [1.29, 1.82) is 0 Å². The maximum atomic E-state index is 12.3. The molecule has 1 amide bonds. The number of hydrogen-bond donors (Lipinski definition) is 2. The Kier molecular flexibility index (Phi) is 4.43. The standard InChI is InChI=1S/C18H20N2O3S/c1-12-9-13(2)11-14(10-12)18(21)19-15-5-7-17(8-6-15)24(22,23)20-16-3-4-16/h5-11,16,20H,3-4H2,1-2H3,(H,19,21). The van der Waals surface area contributed by atoms with Gasteiger partial charge < -0.3 is 5.32 Å². The lowest BCUT2D eigenvalue weighted by Crippen LogP contribution is -2.25. The van der Waals surface area contributed by atoms with Crippen LogP contribution >= 0.6 is 0 Å². The van der Waals surface area contributed by atoms with Crippen molar-refractivity contribution in [3.63, 3.8) is 0 Å². The van der Waals surface area contributed by atoms with Crippen LogP contribution in [0.2, 0.25) is 0 Å². The zero-order chi connectivity index (χ0) is 17.3. The van der Waals surface area contributed by atoms with Crippen LogP contribution in [0.1, 0.15) is 34.3 Å². The predicted molar refractivity (Wildman–Crippen MR) is 93.7 cm³/mol. The number of benzene rings is 2. The number of hydrogen-bond acceptors (Lipinski definition) is 3. The second-order valence-corrected chi connectivity index (χ2v) is 7.96. The van der Waals surface area contributed by atoms with Crippen molar-refractivity contribution in [2.24, 2.45) is 0 Å². The molecule has 0 spiro atoms. The summed E-state index contributed by atoms with van der Waals surface area (Å²) in [4.78, 5) is 12.5. The molecule has 0 unspecified atom stereocenters. The summed E-state index contributed by atoms with van der Waals surface area (Å²) in [5.41, 5.74) is 3.18. The first-order valence-electron chi connectivity index (χ1n) is 7.85. The van der Waals surface area contributed by atoms with Gasteiger partial charge in [-0.25, -0.2) is 13.1 Å². The van der Waals surface area contributed by atoms with Gasteiger partial charge in [0.05, 0.1) is 4.90 Å². The van der Waals surface area contributed by atoms with E-state index in [0.717, 1.165) is 24.0 Å². The molecule has 1 fully saturated rings. The van der Waals surface area contributed by atoms with Crippen molar-refractivity contribution in [3.8, 4) is 0 Å². The molecule has 3 rings (SSSR count). The number of carbonyl (C=O) groups excluding carboxylic acids is 1. The Morgan fingerprint density at radius 3 is 2.12 bits per heavy atom. The molecule has 2 N–H and O–H groups in total. The van der Waals surface area contributed by atoms with Gasteiger partial charge in [0, 0.05) is 17.3 Å². The van der Waals surface area contributed by atoms with Gasteiger partial charge in [0.15, 0.2) is 0 Å². The van der Waals surface area contributed by atoms with Crippen LogP contribution in [0.5, 0.6) is 0 Å². The van der Waals surface area contributed by atoms with Gasteiger partial charge in [-0.15, -0.1) is 0 Å². The van der Waals surface area contributed by atoms with Crippen LogP contribution in [0.3, 0.4) is 0 Å². The van der Waals surface area contributed by atoms with E-state index in [2.05, 4.69) is 10.0 Å². The Labute approximate surface area is 142 Å². The van der Waals surface area contributed by atoms with Gasteiger partial charge in [-0.3, -0.25) is 4.79 Å². The molecule has 6 heteroatoms. The summed E-state index contributed by atoms with van der Waals surface area (Å²) in [6.45, 7) is 3.88. The summed E-state index contributed by atoms with van der Waals surface area (Å²) in [7, 11) is -3.47. The van der Waals surface area contributed by atoms with E-state index in [0.29, 0.717) is 11.3 Å². The van der Waals surface area contributed by atoms with Gasteiger partial charge in [0.1, 0.15) is 0 Å². The summed E-state index contributed by atoms with van der Waals surface area (Å²) in [6.07, 6.45) is 1.78. The van der Waals surface area contributed by atoms with E-state index < -0.39 is 10.0 Å². The van der Waals surface area contributed by atoms with Gasteiger partial charge in [0.2, 0.25) is 10.0 Å². The van der Waals surface area contributed by atoms with Crippen LogP contribution in [-0.4, -0.2) is 20.4 Å². The minimum Gasteiger partial charge on any atom is -0.322 e. The molecule has 2 aromatic carbocycles. The Morgan fingerprint density at radius 1 is 1.00 bits per heavy atom. The first-order valence-corrected chi connectivity index (χ1v) is 9.34. The van der Waals surface area contributed by atoms with Crippen LogP contribution in [0.25, 0.3) is 0 Å². The fourth-order valence-corrected chi connectivity index (χ4v) is 3.82. The minimum absolute atomic E-state index is 0.0685. The van der Waals surface area contributed by atoms with Crippen LogP contribution in [0.15, 0.2) is 47.4 Å². The van der Waals surface area contributed by atoms with E-state index in [-0.39, 0.29) is 16.8 Å². The number of aryl methyl sites for hydroxylation is 2. The number of nitrogens with one attached hydrogen (secondary N) is 2. The second-order valence-electron chi connectivity index (χ2n) is 6.25. The van der Waals surface area contributed by atoms with E-state index in [1.807, 2.05) is 32.0 Å². The van der Waals surface area contributed by atoms with Crippen LogP contribution in [-0.2, 0) is 10.0 Å². The smallest absolute Gasteiger partial charge is 0.255 e. The highest BCUT2D eigenvalue weighted by atomic mass is 32.2. The molecule has 1 aliphatic rings. The van der Waals surface area contributed by atoms with E-state index in [1.165, 1.54) is 12.1 Å². The molecule has 0 saturated heterocycles. The highest BCUT2D eigenvalue weighted by Crippen LogP contribution is 2.23. The minimum atomic E-state index is -3.47. The van der Waals surface area contributed by atoms with Gasteiger partial charge in [-0.05, 0) is 63.1 Å². The average molecular weight is 344 g/mol. The summed E-state index contributed by atoms with van der Waals surface area (Å²) in [6, 6.07) is 11.9. The molecule has 24 heavy (non-hydrogen) atoms. The number of anilines is 1. The van der Waals surface area contributed by atoms with E-state index >= 15 is 0 Å². The fraction of sp³-hybridized carbons (Fsp3) is 0.278. The van der Waals surface area contributed by atoms with Crippen LogP contribution < -0.4 is 10.0 Å². The molecule has 0 radical (unpaired) electrons.